The minimum absolute atomic E-state index is 0.155. The number of ether oxygens (including phenoxy) is 1. The molecule has 0 bridgehead atoms. The van der Waals surface area contributed by atoms with Gasteiger partial charge in [-0.15, -0.1) is 0 Å². The van der Waals surface area contributed by atoms with E-state index in [9.17, 15) is 0 Å². The third kappa shape index (κ3) is 5.08. The van der Waals surface area contributed by atoms with Gasteiger partial charge < -0.3 is 14.7 Å². The van der Waals surface area contributed by atoms with E-state index in [1.54, 1.807) is 24.0 Å². The number of aromatic nitrogens is 2. The van der Waals surface area contributed by atoms with E-state index < -0.39 is 0 Å². The molecular weight excluding hydrogens is 382 g/mol. The molecule has 0 aliphatic carbocycles. The molecule has 0 spiro atoms. The van der Waals surface area contributed by atoms with Crippen molar-refractivity contribution in [2.24, 2.45) is 0 Å². The van der Waals surface area contributed by atoms with Crippen LogP contribution in [0.3, 0.4) is 0 Å². The maximum atomic E-state index is 9.06. The first-order valence-electron chi connectivity index (χ1n) is 7.77. The van der Waals surface area contributed by atoms with Gasteiger partial charge in [0.15, 0.2) is 0 Å². The molecule has 0 radical (unpaired) electrons. The number of imidazole rings is 1. The molecule has 1 N–H and O–H groups in total. The molecule has 1 fully saturated rings. The summed E-state index contributed by atoms with van der Waals surface area (Å²) in [6.45, 7) is 5.09. The number of likely N-dealkylation sites (tertiary alicyclic amines) is 1. The summed E-state index contributed by atoms with van der Waals surface area (Å²) in [5, 5.41) is 9.65. The third-order valence-corrected chi connectivity index (χ3v) is 4.97. The zero-order valence-electron chi connectivity index (χ0n) is 13.5. The Kier molecular flexibility index (Phi) is 7.14. The summed E-state index contributed by atoms with van der Waals surface area (Å²) in [6.07, 6.45) is 7.19. The standard InChI is InChI=1S/C8H6BrClN2O.C8H17NO/c1-13-7-2-5(9)8(10)12-4-11-3-6(7)12;1-8(10)7-9-5-3-2-4-6-9/h2-4H,1H3;8,10H,2-7H2,1H3. The van der Waals surface area contributed by atoms with E-state index in [-0.39, 0.29) is 6.10 Å². The van der Waals surface area contributed by atoms with Gasteiger partial charge in [-0.1, -0.05) is 18.0 Å². The summed E-state index contributed by atoms with van der Waals surface area (Å²) >= 11 is 9.35. The Hall–Kier alpha value is -0.820. The monoisotopic (exact) mass is 403 g/mol. The number of rotatable bonds is 3. The summed E-state index contributed by atoms with van der Waals surface area (Å²) in [6, 6.07) is 1.82. The Labute approximate surface area is 150 Å². The predicted molar refractivity (Wildman–Crippen MR) is 96.4 cm³/mol. The van der Waals surface area contributed by atoms with Crippen molar-refractivity contribution in [2.45, 2.75) is 32.3 Å². The number of halogens is 2. The van der Waals surface area contributed by atoms with E-state index in [1.807, 2.05) is 13.0 Å². The van der Waals surface area contributed by atoms with Crippen LogP contribution in [-0.2, 0) is 0 Å². The minimum atomic E-state index is -0.155. The van der Waals surface area contributed by atoms with E-state index in [1.165, 1.54) is 32.4 Å². The van der Waals surface area contributed by atoms with Crippen LogP contribution in [-0.4, -0.2) is 52.2 Å². The molecule has 1 atom stereocenters. The number of aliphatic hydroxyl groups excluding tert-OH is 1. The maximum Gasteiger partial charge on any atom is 0.145 e. The highest BCUT2D eigenvalue weighted by atomic mass is 79.9. The maximum absolute atomic E-state index is 9.06. The van der Waals surface area contributed by atoms with Gasteiger partial charge in [0, 0.05) is 6.54 Å². The van der Waals surface area contributed by atoms with Gasteiger partial charge in [0.25, 0.3) is 0 Å². The van der Waals surface area contributed by atoms with Gasteiger partial charge in [0.05, 0.1) is 23.9 Å². The molecule has 7 heteroatoms. The fourth-order valence-corrected chi connectivity index (χ4v) is 3.26. The number of fused-ring (bicyclic) bond motifs is 1. The molecule has 2 aromatic heterocycles. The van der Waals surface area contributed by atoms with Crippen LogP contribution < -0.4 is 4.74 Å². The van der Waals surface area contributed by atoms with Gasteiger partial charge in [-0.2, -0.15) is 0 Å². The van der Waals surface area contributed by atoms with E-state index in [0.29, 0.717) is 5.15 Å². The smallest absolute Gasteiger partial charge is 0.145 e. The quantitative estimate of drug-likeness (QED) is 0.794. The summed E-state index contributed by atoms with van der Waals surface area (Å²) in [5.41, 5.74) is 0.857. The lowest BCUT2D eigenvalue weighted by Crippen LogP contribution is -2.35. The number of piperidine rings is 1. The number of methoxy groups -OCH3 is 1. The first-order chi connectivity index (χ1) is 11.0. The van der Waals surface area contributed by atoms with Crippen molar-refractivity contribution in [3.8, 4) is 5.75 Å². The van der Waals surface area contributed by atoms with E-state index >= 15 is 0 Å². The molecular formula is C16H23BrClN3O2. The largest absolute Gasteiger partial charge is 0.494 e. The fourth-order valence-electron chi connectivity index (χ4n) is 2.68. The van der Waals surface area contributed by atoms with Gasteiger partial charge in [0.1, 0.15) is 22.7 Å². The van der Waals surface area contributed by atoms with Crippen LogP contribution in [0.25, 0.3) is 5.52 Å². The lowest BCUT2D eigenvalue weighted by Gasteiger charge is -2.27. The number of nitrogens with zero attached hydrogens (tertiary/aromatic N) is 3. The first-order valence-corrected chi connectivity index (χ1v) is 8.94. The van der Waals surface area contributed by atoms with Gasteiger partial charge >= 0.3 is 0 Å². The Morgan fingerprint density at radius 1 is 1.39 bits per heavy atom. The molecule has 0 aromatic carbocycles. The number of hydrogen-bond donors (Lipinski definition) is 1. The molecule has 3 heterocycles. The molecule has 2 aromatic rings. The van der Waals surface area contributed by atoms with Gasteiger partial charge in [-0.25, -0.2) is 4.98 Å². The highest BCUT2D eigenvalue weighted by Gasteiger charge is 2.11. The number of aliphatic hydroxyl groups is 1. The van der Waals surface area contributed by atoms with Crippen LogP contribution in [0.15, 0.2) is 23.1 Å². The van der Waals surface area contributed by atoms with Gasteiger partial charge in [-0.3, -0.25) is 4.40 Å². The number of hydrogen-bond acceptors (Lipinski definition) is 4. The molecule has 1 aliphatic heterocycles. The van der Waals surface area contributed by atoms with Crippen LogP contribution in [0.2, 0.25) is 5.15 Å². The second-order valence-electron chi connectivity index (χ2n) is 5.71. The molecule has 0 amide bonds. The molecule has 128 valence electrons. The third-order valence-electron chi connectivity index (χ3n) is 3.75. The van der Waals surface area contributed by atoms with Crippen molar-refractivity contribution >= 4 is 33.0 Å². The molecule has 1 aliphatic rings. The fraction of sp³-hybridized carbons (Fsp3) is 0.562. The number of β-amino-alcohol motifs (C(OH)–C–C–N with tert-alkyl or cyclic N) is 1. The SMILES string of the molecule is CC(O)CN1CCCCC1.COc1cc(Br)c(Cl)n2cncc12. The van der Waals surface area contributed by atoms with Crippen molar-refractivity contribution in [3.63, 3.8) is 0 Å². The Bertz CT molecular complexity index is 627. The van der Waals surface area contributed by atoms with Gasteiger partial charge in [-0.05, 0) is 54.9 Å². The molecule has 0 saturated carbocycles. The lowest BCUT2D eigenvalue weighted by molar-refractivity contribution is 0.114. The highest BCUT2D eigenvalue weighted by Crippen LogP contribution is 2.30. The average molecular weight is 405 g/mol. The summed E-state index contributed by atoms with van der Waals surface area (Å²) in [5.74, 6) is 0.744. The van der Waals surface area contributed by atoms with Crippen LogP contribution in [0.1, 0.15) is 26.2 Å². The molecule has 5 nitrogen and oxygen atoms in total. The van der Waals surface area contributed by atoms with E-state index in [0.717, 1.165) is 22.3 Å². The zero-order chi connectivity index (χ0) is 16.8. The van der Waals surface area contributed by atoms with Crippen LogP contribution in [0.5, 0.6) is 5.75 Å². The van der Waals surface area contributed by atoms with Crippen LogP contribution in [0.4, 0.5) is 0 Å². The molecule has 3 rings (SSSR count). The first kappa shape index (κ1) is 18.5. The van der Waals surface area contributed by atoms with E-state index in [4.69, 9.17) is 21.4 Å². The minimum Gasteiger partial charge on any atom is -0.494 e. The van der Waals surface area contributed by atoms with Crippen molar-refractivity contribution in [2.75, 3.05) is 26.7 Å². The molecule has 23 heavy (non-hydrogen) atoms. The second kappa shape index (κ2) is 8.87. The van der Waals surface area contributed by atoms with Gasteiger partial charge in [0.2, 0.25) is 0 Å². The normalized spacial score (nSPS) is 16.7. The topological polar surface area (TPSA) is 50.0 Å². The summed E-state index contributed by atoms with van der Waals surface area (Å²) in [4.78, 5) is 6.33. The van der Waals surface area contributed by atoms with Crippen molar-refractivity contribution in [1.82, 2.24) is 14.3 Å². The van der Waals surface area contributed by atoms with Crippen molar-refractivity contribution in [3.05, 3.63) is 28.2 Å². The Morgan fingerprint density at radius 3 is 2.70 bits per heavy atom. The van der Waals surface area contributed by atoms with E-state index in [2.05, 4.69) is 25.8 Å². The van der Waals surface area contributed by atoms with Crippen molar-refractivity contribution in [1.29, 1.82) is 0 Å². The van der Waals surface area contributed by atoms with Crippen molar-refractivity contribution < 1.29 is 9.84 Å². The lowest BCUT2D eigenvalue weighted by atomic mass is 10.1. The summed E-state index contributed by atoms with van der Waals surface area (Å²) in [7, 11) is 1.61. The highest BCUT2D eigenvalue weighted by molar-refractivity contribution is 9.10. The summed E-state index contributed by atoms with van der Waals surface area (Å²) < 4.78 is 7.72. The van der Waals surface area contributed by atoms with Crippen LogP contribution >= 0.6 is 27.5 Å². The number of pyridine rings is 1. The molecule has 1 saturated heterocycles. The average Bonchev–Trinajstić information content (AvgIpc) is 3.02. The second-order valence-corrected chi connectivity index (χ2v) is 6.92. The Morgan fingerprint density at radius 2 is 2.09 bits per heavy atom. The predicted octanol–water partition coefficient (Wildman–Crippen LogP) is 3.61. The van der Waals surface area contributed by atoms with Crippen LogP contribution in [0, 0.1) is 0 Å². The zero-order valence-corrected chi connectivity index (χ0v) is 15.8. The Balaban J connectivity index is 0.000000174. The molecule has 1 unspecified atom stereocenters.